The Morgan fingerprint density at radius 2 is 1.80 bits per heavy atom. The lowest BCUT2D eigenvalue weighted by molar-refractivity contribution is 0.0695. The molecule has 0 saturated carbocycles. The number of carbonyl (C=O) groups is 2. The van der Waals surface area contributed by atoms with Crippen LogP contribution in [-0.2, 0) is 6.42 Å². The van der Waals surface area contributed by atoms with Crippen molar-refractivity contribution < 1.29 is 19.8 Å². The average Bonchev–Trinajstić information content (AvgIpc) is 2.41. The third kappa shape index (κ3) is 3.10. The zero-order valence-corrected chi connectivity index (χ0v) is 10.8. The van der Waals surface area contributed by atoms with Gasteiger partial charge in [-0.2, -0.15) is 5.10 Å². The molecule has 2 aromatic rings. The smallest absolute Gasteiger partial charge is 0.336 e. The summed E-state index contributed by atoms with van der Waals surface area (Å²) >= 11 is 5.62. The van der Waals surface area contributed by atoms with Crippen LogP contribution in [-0.4, -0.2) is 32.3 Å². The van der Waals surface area contributed by atoms with Crippen LogP contribution in [0.15, 0.2) is 30.3 Å². The highest BCUT2D eigenvalue weighted by molar-refractivity contribution is 6.29. The van der Waals surface area contributed by atoms with Gasteiger partial charge in [-0.25, -0.2) is 9.59 Å². The molecule has 102 valence electrons. The van der Waals surface area contributed by atoms with Gasteiger partial charge < -0.3 is 10.2 Å². The molecular formula is C13H9ClN2O4. The largest absolute Gasteiger partial charge is 0.478 e. The van der Waals surface area contributed by atoms with Crippen LogP contribution in [0, 0.1) is 0 Å². The second-order valence-corrected chi connectivity index (χ2v) is 4.39. The van der Waals surface area contributed by atoms with Crippen LogP contribution in [0.2, 0.25) is 5.15 Å². The normalized spacial score (nSPS) is 10.2. The van der Waals surface area contributed by atoms with Crippen molar-refractivity contribution in [1.29, 1.82) is 0 Å². The maximum absolute atomic E-state index is 11.2. The summed E-state index contributed by atoms with van der Waals surface area (Å²) in [6, 6.07) is 7.13. The van der Waals surface area contributed by atoms with E-state index in [1.54, 1.807) is 12.1 Å². The SMILES string of the molecule is O=C(O)c1ccc(Cc2ccc(Cl)nn2)c(C(=O)O)c1. The predicted molar refractivity (Wildman–Crippen MR) is 70.2 cm³/mol. The molecule has 1 heterocycles. The lowest BCUT2D eigenvalue weighted by atomic mass is 10.00. The molecule has 0 aliphatic heterocycles. The van der Waals surface area contributed by atoms with Gasteiger partial charge in [0.1, 0.15) is 0 Å². The van der Waals surface area contributed by atoms with Gasteiger partial charge >= 0.3 is 11.9 Å². The van der Waals surface area contributed by atoms with Crippen molar-refractivity contribution >= 4 is 23.5 Å². The Balaban J connectivity index is 2.38. The molecule has 0 fully saturated rings. The number of aromatic carboxylic acids is 2. The van der Waals surface area contributed by atoms with Gasteiger partial charge in [-0.15, -0.1) is 5.10 Å². The van der Waals surface area contributed by atoms with Gasteiger partial charge in [-0.1, -0.05) is 17.7 Å². The number of benzene rings is 1. The highest BCUT2D eigenvalue weighted by Gasteiger charge is 2.14. The molecular weight excluding hydrogens is 284 g/mol. The van der Waals surface area contributed by atoms with Gasteiger partial charge in [-0.05, 0) is 29.8 Å². The number of carboxylic acids is 2. The summed E-state index contributed by atoms with van der Waals surface area (Å²) in [7, 11) is 0. The van der Waals surface area contributed by atoms with Crippen LogP contribution in [0.25, 0.3) is 0 Å². The Bertz CT molecular complexity index is 671. The maximum Gasteiger partial charge on any atom is 0.336 e. The number of aromatic nitrogens is 2. The van der Waals surface area contributed by atoms with Crippen molar-refractivity contribution in [3.05, 3.63) is 57.9 Å². The Labute approximate surface area is 118 Å². The molecule has 0 spiro atoms. The van der Waals surface area contributed by atoms with Crippen molar-refractivity contribution in [2.24, 2.45) is 0 Å². The van der Waals surface area contributed by atoms with Crippen molar-refractivity contribution in [3.8, 4) is 0 Å². The fourth-order valence-electron chi connectivity index (χ4n) is 1.70. The minimum absolute atomic E-state index is 0.0679. The molecule has 0 saturated heterocycles. The summed E-state index contributed by atoms with van der Waals surface area (Å²) in [5.41, 5.74) is 0.856. The van der Waals surface area contributed by atoms with Gasteiger partial charge in [0.15, 0.2) is 5.15 Å². The highest BCUT2D eigenvalue weighted by Crippen LogP contribution is 2.16. The van der Waals surface area contributed by atoms with E-state index in [9.17, 15) is 9.59 Å². The van der Waals surface area contributed by atoms with E-state index in [1.807, 2.05) is 0 Å². The maximum atomic E-state index is 11.2. The van der Waals surface area contributed by atoms with Gasteiger partial charge in [-0.3, -0.25) is 0 Å². The topological polar surface area (TPSA) is 100 Å². The first-order valence-electron chi connectivity index (χ1n) is 5.55. The van der Waals surface area contributed by atoms with Gasteiger partial charge in [0, 0.05) is 6.42 Å². The number of hydrogen-bond donors (Lipinski definition) is 2. The molecule has 0 aliphatic rings. The third-order valence-electron chi connectivity index (χ3n) is 2.65. The molecule has 1 aromatic heterocycles. The van der Waals surface area contributed by atoms with E-state index in [4.69, 9.17) is 21.8 Å². The van der Waals surface area contributed by atoms with E-state index in [-0.39, 0.29) is 22.7 Å². The molecule has 0 unspecified atom stereocenters. The van der Waals surface area contributed by atoms with Crippen LogP contribution in [0.1, 0.15) is 32.0 Å². The van der Waals surface area contributed by atoms with Crippen molar-refractivity contribution in [2.45, 2.75) is 6.42 Å². The number of nitrogens with zero attached hydrogens (tertiary/aromatic N) is 2. The molecule has 6 nitrogen and oxygen atoms in total. The van der Waals surface area contributed by atoms with Crippen LogP contribution in [0.5, 0.6) is 0 Å². The van der Waals surface area contributed by atoms with E-state index < -0.39 is 11.9 Å². The van der Waals surface area contributed by atoms with E-state index >= 15 is 0 Å². The first kappa shape index (κ1) is 14.0. The van der Waals surface area contributed by atoms with Crippen molar-refractivity contribution in [2.75, 3.05) is 0 Å². The lowest BCUT2D eigenvalue weighted by Gasteiger charge is -2.06. The quantitative estimate of drug-likeness (QED) is 0.895. The molecule has 0 atom stereocenters. The molecule has 7 heteroatoms. The zero-order chi connectivity index (χ0) is 14.7. The van der Waals surface area contributed by atoms with Crippen molar-refractivity contribution in [1.82, 2.24) is 10.2 Å². The van der Waals surface area contributed by atoms with Crippen LogP contribution < -0.4 is 0 Å². The van der Waals surface area contributed by atoms with Crippen molar-refractivity contribution in [3.63, 3.8) is 0 Å². The number of carboxylic acid groups (broad SMARTS) is 2. The van der Waals surface area contributed by atoms with E-state index in [2.05, 4.69) is 10.2 Å². The van der Waals surface area contributed by atoms with Crippen LogP contribution >= 0.6 is 11.6 Å². The second kappa shape index (κ2) is 5.66. The summed E-state index contributed by atoms with van der Waals surface area (Å²) < 4.78 is 0. The number of hydrogen-bond acceptors (Lipinski definition) is 4. The van der Waals surface area contributed by atoms with Crippen LogP contribution in [0.4, 0.5) is 0 Å². The van der Waals surface area contributed by atoms with Gasteiger partial charge in [0.25, 0.3) is 0 Å². The Kier molecular flexibility index (Phi) is 3.95. The summed E-state index contributed by atoms with van der Waals surface area (Å²) in [5.74, 6) is -2.37. The zero-order valence-electron chi connectivity index (χ0n) is 10.1. The molecule has 0 amide bonds. The Morgan fingerprint density at radius 1 is 1.05 bits per heavy atom. The number of halogens is 1. The van der Waals surface area contributed by atoms with Gasteiger partial charge in [0.2, 0.25) is 0 Å². The third-order valence-corrected chi connectivity index (χ3v) is 2.85. The minimum atomic E-state index is -1.19. The standard InChI is InChI=1S/C13H9ClN2O4/c14-11-4-3-9(15-16-11)5-7-1-2-8(12(17)18)6-10(7)13(19)20/h1-4,6H,5H2,(H,17,18)(H,19,20). The molecule has 0 bridgehead atoms. The van der Waals surface area contributed by atoms with E-state index in [0.29, 0.717) is 11.3 Å². The highest BCUT2D eigenvalue weighted by atomic mass is 35.5. The number of rotatable bonds is 4. The first-order chi connectivity index (χ1) is 9.47. The Hall–Kier alpha value is -2.47. The summed E-state index contributed by atoms with van der Waals surface area (Å²) in [6.07, 6.45) is 0.228. The predicted octanol–water partition coefficient (Wildman–Crippen LogP) is 2.12. The molecule has 2 rings (SSSR count). The second-order valence-electron chi connectivity index (χ2n) is 4.01. The fourth-order valence-corrected chi connectivity index (χ4v) is 1.80. The minimum Gasteiger partial charge on any atom is -0.478 e. The van der Waals surface area contributed by atoms with Crippen LogP contribution in [0.3, 0.4) is 0 Å². The van der Waals surface area contributed by atoms with Gasteiger partial charge in [0.05, 0.1) is 16.8 Å². The molecule has 2 N–H and O–H groups in total. The first-order valence-corrected chi connectivity index (χ1v) is 5.93. The summed E-state index contributed by atoms with van der Waals surface area (Å²) in [4.78, 5) is 22.0. The fraction of sp³-hybridized carbons (Fsp3) is 0.0769. The van der Waals surface area contributed by atoms with E-state index in [0.717, 1.165) is 6.07 Å². The summed E-state index contributed by atoms with van der Waals surface area (Å²) in [6.45, 7) is 0. The summed E-state index contributed by atoms with van der Waals surface area (Å²) in [5, 5.41) is 25.8. The molecule has 20 heavy (non-hydrogen) atoms. The Morgan fingerprint density at radius 3 is 2.35 bits per heavy atom. The van der Waals surface area contributed by atoms with E-state index in [1.165, 1.54) is 12.1 Å². The molecule has 0 radical (unpaired) electrons. The molecule has 1 aromatic carbocycles. The lowest BCUT2D eigenvalue weighted by Crippen LogP contribution is -2.07. The molecule has 0 aliphatic carbocycles. The monoisotopic (exact) mass is 292 g/mol. The average molecular weight is 293 g/mol.